The van der Waals surface area contributed by atoms with Crippen LogP contribution in [-0.4, -0.2) is 24.4 Å². The maximum Gasteiger partial charge on any atom is 0.286 e. The third-order valence-corrected chi connectivity index (χ3v) is 3.44. The summed E-state index contributed by atoms with van der Waals surface area (Å²) >= 11 is 0. The van der Waals surface area contributed by atoms with Gasteiger partial charge >= 0.3 is 0 Å². The Balaban J connectivity index is 1.63. The summed E-state index contributed by atoms with van der Waals surface area (Å²) in [4.78, 5) is 23.2. The first-order valence-corrected chi connectivity index (χ1v) is 6.76. The second kappa shape index (κ2) is 6.41. The third-order valence-electron chi connectivity index (χ3n) is 3.44. The Bertz CT molecular complexity index is 428. The molecule has 2 unspecified atom stereocenters. The number of nitrogens with one attached hydrogen (secondary N) is 2. The van der Waals surface area contributed by atoms with Gasteiger partial charge in [0.25, 0.3) is 5.91 Å². The monoisotopic (exact) mass is 264 g/mol. The Morgan fingerprint density at radius 3 is 2.89 bits per heavy atom. The number of carbonyl (C=O) groups is 2. The van der Waals surface area contributed by atoms with Gasteiger partial charge in [0.2, 0.25) is 5.91 Å². The van der Waals surface area contributed by atoms with Gasteiger partial charge < -0.3 is 15.1 Å². The Labute approximate surface area is 112 Å². The third kappa shape index (κ3) is 4.12. The van der Waals surface area contributed by atoms with Crippen LogP contribution in [0.1, 0.15) is 43.2 Å². The van der Waals surface area contributed by atoms with E-state index in [9.17, 15) is 9.59 Å². The molecule has 0 radical (unpaired) electrons. The fourth-order valence-electron chi connectivity index (χ4n) is 2.42. The maximum absolute atomic E-state index is 11.7. The van der Waals surface area contributed by atoms with Crippen LogP contribution in [0.5, 0.6) is 0 Å². The summed E-state index contributed by atoms with van der Waals surface area (Å²) in [6.45, 7) is 2.53. The van der Waals surface area contributed by atoms with Crippen molar-refractivity contribution in [3.8, 4) is 0 Å². The average Bonchev–Trinajstić information content (AvgIpc) is 3.00. The van der Waals surface area contributed by atoms with Gasteiger partial charge in [0.1, 0.15) is 0 Å². The zero-order valence-electron chi connectivity index (χ0n) is 11.1. The van der Waals surface area contributed by atoms with Gasteiger partial charge in [-0.15, -0.1) is 0 Å². The van der Waals surface area contributed by atoms with Crippen molar-refractivity contribution >= 4 is 11.8 Å². The molecule has 1 aromatic rings. The summed E-state index contributed by atoms with van der Waals surface area (Å²) in [6.07, 6.45) is 5.05. The lowest BCUT2D eigenvalue weighted by Crippen LogP contribution is -2.35. The van der Waals surface area contributed by atoms with E-state index in [2.05, 4.69) is 17.6 Å². The van der Waals surface area contributed by atoms with E-state index in [-0.39, 0.29) is 17.6 Å². The predicted molar refractivity (Wildman–Crippen MR) is 70.6 cm³/mol. The van der Waals surface area contributed by atoms with Crippen molar-refractivity contribution in [3.05, 3.63) is 24.2 Å². The number of carbonyl (C=O) groups excluding carboxylic acids is 2. The zero-order valence-corrected chi connectivity index (χ0v) is 11.1. The molecule has 104 valence electrons. The van der Waals surface area contributed by atoms with E-state index in [1.165, 1.54) is 12.7 Å². The molecule has 1 saturated carbocycles. The molecule has 5 heteroatoms. The largest absolute Gasteiger partial charge is 0.459 e. The average molecular weight is 264 g/mol. The van der Waals surface area contributed by atoms with Crippen LogP contribution in [0.3, 0.4) is 0 Å². The molecule has 0 aromatic carbocycles. The van der Waals surface area contributed by atoms with Crippen LogP contribution < -0.4 is 10.6 Å². The van der Waals surface area contributed by atoms with Gasteiger partial charge in [0, 0.05) is 19.0 Å². The van der Waals surface area contributed by atoms with E-state index in [0.717, 1.165) is 12.8 Å². The number of hydrogen-bond acceptors (Lipinski definition) is 3. The molecule has 1 heterocycles. The van der Waals surface area contributed by atoms with E-state index in [1.54, 1.807) is 12.1 Å². The number of furan rings is 1. The fourth-order valence-corrected chi connectivity index (χ4v) is 2.42. The first-order chi connectivity index (χ1) is 9.15. The van der Waals surface area contributed by atoms with Crippen LogP contribution in [-0.2, 0) is 4.79 Å². The summed E-state index contributed by atoms with van der Waals surface area (Å²) in [6, 6.07) is 3.56. The lowest BCUT2D eigenvalue weighted by molar-refractivity contribution is -0.121. The Kier molecular flexibility index (Phi) is 4.60. The quantitative estimate of drug-likeness (QED) is 0.850. The number of rotatable bonds is 5. The SMILES string of the molecule is CC1CCC(NC(=O)CCNC(=O)c2ccco2)C1. The van der Waals surface area contributed by atoms with Gasteiger partial charge in [-0.25, -0.2) is 0 Å². The molecular formula is C14H20N2O3. The van der Waals surface area contributed by atoms with Crippen molar-refractivity contribution < 1.29 is 14.0 Å². The molecule has 0 aliphatic heterocycles. The summed E-state index contributed by atoms with van der Waals surface area (Å²) in [7, 11) is 0. The van der Waals surface area contributed by atoms with Gasteiger partial charge in [0.05, 0.1) is 6.26 Å². The molecule has 2 N–H and O–H groups in total. The highest BCUT2D eigenvalue weighted by Gasteiger charge is 2.22. The molecule has 0 spiro atoms. The van der Waals surface area contributed by atoms with E-state index in [1.807, 2.05) is 0 Å². The fraction of sp³-hybridized carbons (Fsp3) is 0.571. The summed E-state index contributed by atoms with van der Waals surface area (Å²) in [5.74, 6) is 0.681. The maximum atomic E-state index is 11.7. The van der Waals surface area contributed by atoms with Crippen LogP contribution in [0.2, 0.25) is 0 Å². The molecule has 0 bridgehead atoms. The second-order valence-corrected chi connectivity index (χ2v) is 5.17. The van der Waals surface area contributed by atoms with Crippen LogP contribution in [0.4, 0.5) is 0 Å². The highest BCUT2D eigenvalue weighted by Crippen LogP contribution is 2.24. The molecule has 1 aliphatic rings. The van der Waals surface area contributed by atoms with Crippen molar-refractivity contribution in [2.75, 3.05) is 6.54 Å². The van der Waals surface area contributed by atoms with Gasteiger partial charge in [0.15, 0.2) is 5.76 Å². The molecule has 2 amide bonds. The second-order valence-electron chi connectivity index (χ2n) is 5.17. The summed E-state index contributed by atoms with van der Waals surface area (Å²) < 4.78 is 4.96. The Morgan fingerprint density at radius 1 is 1.42 bits per heavy atom. The molecule has 1 aliphatic carbocycles. The predicted octanol–water partition coefficient (Wildman–Crippen LogP) is 1.70. The summed E-state index contributed by atoms with van der Waals surface area (Å²) in [5.41, 5.74) is 0. The van der Waals surface area contributed by atoms with E-state index < -0.39 is 0 Å². The minimum Gasteiger partial charge on any atom is -0.459 e. The molecular weight excluding hydrogens is 244 g/mol. The topological polar surface area (TPSA) is 71.3 Å². The highest BCUT2D eigenvalue weighted by atomic mass is 16.3. The minimum absolute atomic E-state index is 0.00107. The standard InChI is InChI=1S/C14H20N2O3/c1-10-4-5-11(9-10)16-13(17)6-7-15-14(18)12-3-2-8-19-12/h2-3,8,10-11H,4-7,9H2,1H3,(H,15,18)(H,16,17). The van der Waals surface area contributed by atoms with Crippen LogP contribution in [0, 0.1) is 5.92 Å². The lowest BCUT2D eigenvalue weighted by atomic mass is 10.1. The van der Waals surface area contributed by atoms with E-state index >= 15 is 0 Å². The van der Waals surface area contributed by atoms with Gasteiger partial charge in [-0.3, -0.25) is 9.59 Å². The minimum atomic E-state index is -0.285. The number of hydrogen-bond donors (Lipinski definition) is 2. The highest BCUT2D eigenvalue weighted by molar-refractivity contribution is 5.91. The van der Waals surface area contributed by atoms with Crippen LogP contribution in [0.25, 0.3) is 0 Å². The Morgan fingerprint density at radius 2 is 2.26 bits per heavy atom. The van der Waals surface area contributed by atoms with Crippen LogP contribution in [0.15, 0.2) is 22.8 Å². The van der Waals surface area contributed by atoms with Gasteiger partial charge in [-0.1, -0.05) is 6.92 Å². The first-order valence-electron chi connectivity index (χ1n) is 6.76. The van der Waals surface area contributed by atoms with Gasteiger partial charge in [-0.2, -0.15) is 0 Å². The molecule has 2 rings (SSSR count). The normalized spacial score (nSPS) is 22.2. The molecule has 1 aromatic heterocycles. The molecule has 1 fully saturated rings. The van der Waals surface area contributed by atoms with Crippen molar-refractivity contribution in [3.63, 3.8) is 0 Å². The van der Waals surface area contributed by atoms with Crippen LogP contribution >= 0.6 is 0 Å². The van der Waals surface area contributed by atoms with E-state index in [0.29, 0.717) is 24.9 Å². The molecule has 5 nitrogen and oxygen atoms in total. The van der Waals surface area contributed by atoms with Crippen molar-refractivity contribution in [1.82, 2.24) is 10.6 Å². The Hall–Kier alpha value is -1.78. The van der Waals surface area contributed by atoms with Gasteiger partial charge in [-0.05, 0) is 37.3 Å². The zero-order chi connectivity index (χ0) is 13.7. The van der Waals surface area contributed by atoms with Crippen molar-refractivity contribution in [2.24, 2.45) is 5.92 Å². The lowest BCUT2D eigenvalue weighted by Gasteiger charge is -2.12. The van der Waals surface area contributed by atoms with E-state index in [4.69, 9.17) is 4.42 Å². The molecule has 0 saturated heterocycles. The molecule has 2 atom stereocenters. The first kappa shape index (κ1) is 13.6. The van der Waals surface area contributed by atoms with Crippen molar-refractivity contribution in [2.45, 2.75) is 38.6 Å². The number of amides is 2. The van der Waals surface area contributed by atoms with Crippen molar-refractivity contribution in [1.29, 1.82) is 0 Å². The smallest absolute Gasteiger partial charge is 0.286 e. The molecule has 19 heavy (non-hydrogen) atoms. The summed E-state index contributed by atoms with van der Waals surface area (Å²) in [5, 5.41) is 5.66.